The van der Waals surface area contributed by atoms with E-state index in [2.05, 4.69) is 10.9 Å². The van der Waals surface area contributed by atoms with E-state index in [1.165, 1.54) is 0 Å². The summed E-state index contributed by atoms with van der Waals surface area (Å²) in [6.45, 7) is 3.07. The number of halogens is 2. The quantitative estimate of drug-likeness (QED) is 0.371. The fraction of sp³-hybridized carbons (Fsp3) is 0.231. The summed E-state index contributed by atoms with van der Waals surface area (Å²) in [6.07, 6.45) is 0.145. The van der Waals surface area contributed by atoms with Crippen LogP contribution in [0.4, 0.5) is 11.4 Å². The van der Waals surface area contributed by atoms with E-state index in [4.69, 9.17) is 32.7 Å². The maximum atomic E-state index is 12.7. The third-order valence-corrected chi connectivity index (χ3v) is 6.12. The summed E-state index contributed by atoms with van der Waals surface area (Å²) in [7, 11) is 0. The van der Waals surface area contributed by atoms with Gasteiger partial charge in [0, 0.05) is 40.3 Å². The molecule has 2 N–H and O–H groups in total. The fourth-order valence-corrected chi connectivity index (χ4v) is 4.18. The van der Waals surface area contributed by atoms with Gasteiger partial charge in [0.15, 0.2) is 0 Å². The molecule has 9 heteroatoms. The standard InChI is InChI=1S/C26H25Cl2N3O4/c1-2-34-22-10-8-21(9-11-22)31-15-18(12-25(31)32)26(33)30-29-20-4-3-5-23(14-20)35-16-17-6-7-19(27)13-24(17)28/h3-11,13-14,18,29H,2,12,15-16H2,1H3,(H,30,33)/t18-/m0/s1. The number of ether oxygens (including phenoxy) is 2. The smallest absolute Gasteiger partial charge is 0.243 e. The molecular formula is C26H25Cl2N3O4. The molecule has 0 radical (unpaired) electrons. The van der Waals surface area contributed by atoms with Crippen LogP contribution in [-0.4, -0.2) is 25.0 Å². The van der Waals surface area contributed by atoms with Crippen molar-refractivity contribution in [1.29, 1.82) is 0 Å². The maximum absolute atomic E-state index is 12.7. The molecule has 1 aliphatic rings. The van der Waals surface area contributed by atoms with Crippen molar-refractivity contribution in [1.82, 2.24) is 5.43 Å². The Kier molecular flexibility index (Phi) is 8.00. The summed E-state index contributed by atoms with van der Waals surface area (Å²) < 4.78 is 11.3. The molecule has 0 aliphatic carbocycles. The Balaban J connectivity index is 1.30. The van der Waals surface area contributed by atoms with E-state index in [0.717, 1.165) is 17.0 Å². The van der Waals surface area contributed by atoms with Crippen LogP contribution in [0.15, 0.2) is 66.7 Å². The largest absolute Gasteiger partial charge is 0.494 e. The van der Waals surface area contributed by atoms with Crippen LogP contribution in [-0.2, 0) is 16.2 Å². The molecule has 0 spiro atoms. The van der Waals surface area contributed by atoms with Crippen molar-refractivity contribution in [2.75, 3.05) is 23.5 Å². The zero-order valence-electron chi connectivity index (χ0n) is 19.1. The second-order valence-corrected chi connectivity index (χ2v) is 8.84. The SMILES string of the molecule is CCOc1ccc(N2C[C@@H](C(=O)NNc3cccc(OCc4ccc(Cl)cc4Cl)c3)CC2=O)cc1. The molecule has 1 heterocycles. The van der Waals surface area contributed by atoms with E-state index in [0.29, 0.717) is 34.6 Å². The molecule has 0 unspecified atom stereocenters. The number of carbonyl (C=O) groups is 2. The Bertz CT molecular complexity index is 1200. The molecule has 3 aromatic carbocycles. The number of carbonyl (C=O) groups excluding carboxylic acids is 2. The summed E-state index contributed by atoms with van der Waals surface area (Å²) in [5, 5.41) is 1.09. The first-order valence-electron chi connectivity index (χ1n) is 11.2. The van der Waals surface area contributed by atoms with Crippen molar-refractivity contribution in [3.05, 3.63) is 82.3 Å². The Morgan fingerprint density at radius 2 is 1.83 bits per heavy atom. The number of hydrazine groups is 1. The highest BCUT2D eigenvalue weighted by atomic mass is 35.5. The van der Waals surface area contributed by atoms with Gasteiger partial charge in [0.1, 0.15) is 18.1 Å². The van der Waals surface area contributed by atoms with Crippen LogP contribution >= 0.6 is 23.2 Å². The molecular weight excluding hydrogens is 489 g/mol. The van der Waals surface area contributed by atoms with Crippen LogP contribution < -0.4 is 25.2 Å². The number of anilines is 2. The van der Waals surface area contributed by atoms with Gasteiger partial charge in [0.25, 0.3) is 0 Å². The summed E-state index contributed by atoms with van der Waals surface area (Å²) in [6, 6.07) is 19.7. The number of hydrogen-bond acceptors (Lipinski definition) is 5. The van der Waals surface area contributed by atoms with Gasteiger partial charge in [-0.15, -0.1) is 0 Å². The first-order chi connectivity index (χ1) is 16.9. The van der Waals surface area contributed by atoms with E-state index in [-0.39, 0.29) is 24.8 Å². The molecule has 1 atom stereocenters. The number of benzene rings is 3. The van der Waals surface area contributed by atoms with Crippen LogP contribution in [0.5, 0.6) is 11.5 Å². The normalized spacial score (nSPS) is 15.1. The van der Waals surface area contributed by atoms with Crippen LogP contribution in [0.1, 0.15) is 18.9 Å². The van der Waals surface area contributed by atoms with E-state index < -0.39 is 5.92 Å². The molecule has 182 valence electrons. The molecule has 0 bridgehead atoms. The molecule has 2 amide bonds. The van der Waals surface area contributed by atoms with Gasteiger partial charge in [0.05, 0.1) is 18.2 Å². The minimum Gasteiger partial charge on any atom is -0.494 e. The van der Waals surface area contributed by atoms with Crippen molar-refractivity contribution in [2.45, 2.75) is 20.0 Å². The minimum atomic E-state index is -0.465. The molecule has 4 rings (SSSR count). The minimum absolute atomic E-state index is 0.0921. The van der Waals surface area contributed by atoms with Gasteiger partial charge < -0.3 is 14.4 Å². The van der Waals surface area contributed by atoms with Crippen molar-refractivity contribution >= 4 is 46.4 Å². The zero-order chi connectivity index (χ0) is 24.8. The Labute approximate surface area is 213 Å². The second kappa shape index (κ2) is 11.3. The van der Waals surface area contributed by atoms with E-state index >= 15 is 0 Å². The van der Waals surface area contributed by atoms with E-state index in [1.54, 1.807) is 41.3 Å². The summed E-state index contributed by atoms with van der Waals surface area (Å²) in [5.74, 6) is 0.529. The van der Waals surface area contributed by atoms with Crippen molar-refractivity contribution in [3.63, 3.8) is 0 Å². The predicted molar refractivity (Wildman–Crippen MR) is 137 cm³/mol. The summed E-state index contributed by atoms with van der Waals surface area (Å²) in [4.78, 5) is 26.8. The molecule has 1 saturated heterocycles. The van der Waals surface area contributed by atoms with Crippen molar-refractivity contribution < 1.29 is 19.1 Å². The lowest BCUT2D eigenvalue weighted by atomic mass is 10.1. The van der Waals surface area contributed by atoms with Crippen LogP contribution in [0.2, 0.25) is 10.0 Å². The van der Waals surface area contributed by atoms with Gasteiger partial charge >= 0.3 is 0 Å². The van der Waals surface area contributed by atoms with Crippen LogP contribution in [0.25, 0.3) is 0 Å². The van der Waals surface area contributed by atoms with Gasteiger partial charge in [-0.1, -0.05) is 35.3 Å². The lowest BCUT2D eigenvalue weighted by molar-refractivity contribution is -0.125. The highest BCUT2D eigenvalue weighted by molar-refractivity contribution is 6.35. The number of nitrogens with zero attached hydrogens (tertiary/aromatic N) is 1. The summed E-state index contributed by atoms with van der Waals surface area (Å²) in [5.41, 5.74) is 7.79. The van der Waals surface area contributed by atoms with Gasteiger partial charge in [-0.05, 0) is 55.5 Å². The first kappa shape index (κ1) is 24.7. The summed E-state index contributed by atoms with van der Waals surface area (Å²) >= 11 is 12.1. The Morgan fingerprint density at radius 1 is 1.03 bits per heavy atom. The predicted octanol–water partition coefficient (Wildman–Crippen LogP) is 5.47. The molecule has 3 aromatic rings. The molecule has 7 nitrogen and oxygen atoms in total. The monoisotopic (exact) mass is 513 g/mol. The van der Waals surface area contributed by atoms with E-state index in [1.807, 2.05) is 37.3 Å². The highest BCUT2D eigenvalue weighted by Crippen LogP contribution is 2.27. The fourth-order valence-electron chi connectivity index (χ4n) is 3.72. The Hall–Kier alpha value is -3.42. The topological polar surface area (TPSA) is 79.9 Å². The second-order valence-electron chi connectivity index (χ2n) is 8.00. The third-order valence-electron chi connectivity index (χ3n) is 5.53. The van der Waals surface area contributed by atoms with Gasteiger partial charge in [-0.2, -0.15) is 0 Å². The molecule has 35 heavy (non-hydrogen) atoms. The van der Waals surface area contributed by atoms with Crippen molar-refractivity contribution in [2.24, 2.45) is 5.92 Å². The number of nitrogens with one attached hydrogen (secondary N) is 2. The maximum Gasteiger partial charge on any atom is 0.243 e. The number of rotatable bonds is 9. The third kappa shape index (κ3) is 6.38. The number of amides is 2. The average Bonchev–Trinajstić information content (AvgIpc) is 3.24. The lowest BCUT2D eigenvalue weighted by Gasteiger charge is -2.17. The molecule has 0 aromatic heterocycles. The molecule has 0 saturated carbocycles. The van der Waals surface area contributed by atoms with Gasteiger partial charge in [0.2, 0.25) is 11.8 Å². The van der Waals surface area contributed by atoms with E-state index in [9.17, 15) is 9.59 Å². The first-order valence-corrected chi connectivity index (χ1v) is 11.9. The molecule has 1 fully saturated rings. The number of hydrogen-bond donors (Lipinski definition) is 2. The van der Waals surface area contributed by atoms with Crippen molar-refractivity contribution in [3.8, 4) is 11.5 Å². The van der Waals surface area contributed by atoms with Gasteiger partial charge in [-0.3, -0.25) is 20.4 Å². The molecule has 1 aliphatic heterocycles. The average molecular weight is 514 g/mol. The van der Waals surface area contributed by atoms with Crippen LogP contribution in [0, 0.1) is 5.92 Å². The van der Waals surface area contributed by atoms with Crippen LogP contribution in [0.3, 0.4) is 0 Å². The highest BCUT2D eigenvalue weighted by Gasteiger charge is 2.35. The Morgan fingerprint density at radius 3 is 2.57 bits per heavy atom. The lowest BCUT2D eigenvalue weighted by Crippen LogP contribution is -2.36. The zero-order valence-corrected chi connectivity index (χ0v) is 20.6. The van der Waals surface area contributed by atoms with Gasteiger partial charge in [-0.25, -0.2) is 0 Å².